The van der Waals surface area contributed by atoms with Gasteiger partial charge < -0.3 is 15.0 Å². The number of nitrogens with zero attached hydrogens (tertiary/aromatic N) is 3. The highest BCUT2D eigenvalue weighted by atomic mass is 19.1. The molecule has 1 fully saturated rings. The summed E-state index contributed by atoms with van der Waals surface area (Å²) in [7, 11) is 1.87. The van der Waals surface area contributed by atoms with Gasteiger partial charge in [-0.1, -0.05) is 0 Å². The van der Waals surface area contributed by atoms with Crippen LogP contribution in [0, 0.1) is 11.7 Å². The maximum atomic E-state index is 12.9. The SMILES string of the molecule is C[C@H]1C(=O)Nc2cnc(CC3CC(Oc4ccc(F)cc4)C3)nc2N1C. The maximum absolute atomic E-state index is 12.9. The Balaban J connectivity index is 1.35. The van der Waals surface area contributed by atoms with E-state index in [0.29, 0.717) is 17.4 Å². The molecule has 0 unspecified atom stereocenters. The van der Waals surface area contributed by atoms with Gasteiger partial charge in [0.2, 0.25) is 5.91 Å². The molecule has 136 valence electrons. The molecule has 1 N–H and O–H groups in total. The van der Waals surface area contributed by atoms with E-state index in [4.69, 9.17) is 4.74 Å². The summed E-state index contributed by atoms with van der Waals surface area (Å²) in [5.41, 5.74) is 0.658. The van der Waals surface area contributed by atoms with Gasteiger partial charge in [-0.3, -0.25) is 4.79 Å². The number of hydrogen-bond acceptors (Lipinski definition) is 5. The van der Waals surface area contributed by atoms with Crippen molar-refractivity contribution in [1.82, 2.24) is 9.97 Å². The Morgan fingerprint density at radius 2 is 2.04 bits per heavy atom. The summed E-state index contributed by atoms with van der Waals surface area (Å²) < 4.78 is 18.8. The zero-order valence-electron chi connectivity index (χ0n) is 14.8. The normalized spacial score (nSPS) is 24.5. The molecule has 1 saturated carbocycles. The van der Waals surface area contributed by atoms with Crippen LogP contribution in [-0.4, -0.2) is 35.1 Å². The first-order valence-electron chi connectivity index (χ1n) is 8.81. The Hall–Kier alpha value is -2.70. The van der Waals surface area contributed by atoms with E-state index in [9.17, 15) is 9.18 Å². The van der Waals surface area contributed by atoms with E-state index in [0.717, 1.165) is 30.9 Å². The summed E-state index contributed by atoms with van der Waals surface area (Å²) in [6.07, 6.45) is 4.49. The largest absolute Gasteiger partial charge is 0.490 e. The quantitative estimate of drug-likeness (QED) is 0.912. The van der Waals surface area contributed by atoms with Crippen LogP contribution in [0.2, 0.25) is 0 Å². The molecule has 4 rings (SSSR count). The minimum Gasteiger partial charge on any atom is -0.490 e. The van der Waals surface area contributed by atoms with Crippen LogP contribution in [0.15, 0.2) is 30.5 Å². The molecule has 0 radical (unpaired) electrons. The first-order chi connectivity index (χ1) is 12.5. The van der Waals surface area contributed by atoms with Crippen molar-refractivity contribution in [1.29, 1.82) is 0 Å². The van der Waals surface area contributed by atoms with Gasteiger partial charge in [-0.25, -0.2) is 14.4 Å². The third-order valence-corrected chi connectivity index (χ3v) is 5.15. The number of nitrogens with one attached hydrogen (secondary N) is 1. The van der Waals surface area contributed by atoms with Crippen molar-refractivity contribution in [3.8, 4) is 5.75 Å². The lowest BCUT2D eigenvalue weighted by atomic mass is 9.80. The smallest absolute Gasteiger partial charge is 0.246 e. The second-order valence-electron chi connectivity index (χ2n) is 7.03. The van der Waals surface area contributed by atoms with E-state index >= 15 is 0 Å². The molecule has 2 heterocycles. The van der Waals surface area contributed by atoms with Crippen molar-refractivity contribution in [2.24, 2.45) is 5.92 Å². The number of carbonyl (C=O) groups excluding carboxylic acids is 1. The molecule has 26 heavy (non-hydrogen) atoms. The van der Waals surface area contributed by atoms with Crippen LogP contribution < -0.4 is 15.0 Å². The highest BCUT2D eigenvalue weighted by molar-refractivity contribution is 6.02. The van der Waals surface area contributed by atoms with Crippen LogP contribution in [0.3, 0.4) is 0 Å². The lowest BCUT2D eigenvalue weighted by Gasteiger charge is -2.35. The zero-order valence-corrected chi connectivity index (χ0v) is 14.8. The molecule has 0 bridgehead atoms. The fourth-order valence-electron chi connectivity index (χ4n) is 3.36. The van der Waals surface area contributed by atoms with Gasteiger partial charge in [-0.05, 0) is 49.9 Å². The fraction of sp³-hybridized carbons (Fsp3) is 0.421. The summed E-state index contributed by atoms with van der Waals surface area (Å²) in [4.78, 5) is 22.8. The van der Waals surface area contributed by atoms with Crippen molar-refractivity contribution in [3.63, 3.8) is 0 Å². The highest BCUT2D eigenvalue weighted by Crippen LogP contribution is 2.34. The van der Waals surface area contributed by atoms with Crippen molar-refractivity contribution >= 4 is 17.4 Å². The van der Waals surface area contributed by atoms with Crippen LogP contribution in [0.4, 0.5) is 15.9 Å². The van der Waals surface area contributed by atoms with Gasteiger partial charge in [0, 0.05) is 13.5 Å². The number of fused-ring (bicyclic) bond motifs is 1. The first kappa shape index (κ1) is 16.8. The van der Waals surface area contributed by atoms with Crippen molar-refractivity contribution in [2.75, 3.05) is 17.3 Å². The molecule has 0 saturated heterocycles. The molecule has 1 aromatic heterocycles. The van der Waals surface area contributed by atoms with Gasteiger partial charge in [0.25, 0.3) is 0 Å². The van der Waals surface area contributed by atoms with E-state index in [2.05, 4.69) is 15.3 Å². The van der Waals surface area contributed by atoms with E-state index in [1.807, 2.05) is 18.9 Å². The number of halogens is 1. The number of ether oxygens (including phenoxy) is 1. The zero-order chi connectivity index (χ0) is 18.3. The predicted molar refractivity (Wildman–Crippen MR) is 95.8 cm³/mol. The van der Waals surface area contributed by atoms with Gasteiger partial charge in [0.1, 0.15) is 29.1 Å². The third kappa shape index (κ3) is 3.21. The number of rotatable bonds is 4. The van der Waals surface area contributed by atoms with E-state index in [1.165, 1.54) is 12.1 Å². The molecular weight excluding hydrogens is 335 g/mol. The van der Waals surface area contributed by atoms with Crippen LogP contribution in [0.5, 0.6) is 5.75 Å². The van der Waals surface area contributed by atoms with E-state index < -0.39 is 0 Å². The number of likely N-dealkylation sites (N-methyl/N-ethyl adjacent to an activating group) is 1. The monoisotopic (exact) mass is 356 g/mol. The van der Waals surface area contributed by atoms with Crippen molar-refractivity contribution in [3.05, 3.63) is 42.1 Å². The van der Waals surface area contributed by atoms with E-state index in [-0.39, 0.29) is 23.9 Å². The molecule has 7 heteroatoms. The predicted octanol–water partition coefficient (Wildman–Crippen LogP) is 2.79. The standard InChI is InChI=1S/C19H21FN4O2/c1-11-19(25)22-16-10-21-17(23-18(16)24(11)2)9-12-7-15(8-12)26-14-5-3-13(20)4-6-14/h3-6,10-12,15H,7-9H2,1-2H3,(H,22,25)/t11-,12?,15?/m0/s1. The van der Waals surface area contributed by atoms with Gasteiger partial charge in [0.15, 0.2) is 5.82 Å². The summed E-state index contributed by atoms with van der Waals surface area (Å²) in [6, 6.07) is 5.87. The number of amides is 1. The molecule has 0 spiro atoms. The summed E-state index contributed by atoms with van der Waals surface area (Å²) >= 11 is 0. The van der Waals surface area contributed by atoms with Crippen LogP contribution in [-0.2, 0) is 11.2 Å². The minimum atomic E-state index is -0.260. The van der Waals surface area contributed by atoms with Gasteiger partial charge >= 0.3 is 0 Å². The fourth-order valence-corrected chi connectivity index (χ4v) is 3.36. The summed E-state index contributed by atoms with van der Waals surface area (Å²) in [5.74, 6) is 2.41. The third-order valence-electron chi connectivity index (χ3n) is 5.15. The maximum Gasteiger partial charge on any atom is 0.246 e. The number of hydrogen-bond donors (Lipinski definition) is 1. The number of benzene rings is 1. The van der Waals surface area contributed by atoms with Crippen molar-refractivity contribution < 1.29 is 13.9 Å². The molecule has 1 amide bonds. The Kier molecular flexibility index (Phi) is 4.22. The van der Waals surface area contributed by atoms with Gasteiger partial charge in [0.05, 0.1) is 12.3 Å². The van der Waals surface area contributed by atoms with Crippen molar-refractivity contribution in [2.45, 2.75) is 38.3 Å². The molecule has 1 aliphatic carbocycles. The average Bonchev–Trinajstić information content (AvgIpc) is 2.60. The molecular formula is C19H21FN4O2. The summed E-state index contributed by atoms with van der Waals surface area (Å²) in [6.45, 7) is 1.85. The van der Waals surface area contributed by atoms with Gasteiger partial charge in [-0.15, -0.1) is 0 Å². The Morgan fingerprint density at radius 3 is 2.77 bits per heavy atom. The highest BCUT2D eigenvalue weighted by Gasteiger charge is 2.33. The van der Waals surface area contributed by atoms with Crippen LogP contribution >= 0.6 is 0 Å². The molecule has 2 aliphatic rings. The Bertz CT molecular complexity index is 821. The molecule has 6 nitrogen and oxygen atoms in total. The van der Waals surface area contributed by atoms with Crippen LogP contribution in [0.1, 0.15) is 25.6 Å². The topological polar surface area (TPSA) is 67.3 Å². The molecule has 1 atom stereocenters. The molecule has 2 aromatic rings. The Morgan fingerprint density at radius 1 is 1.31 bits per heavy atom. The number of anilines is 2. The summed E-state index contributed by atoms with van der Waals surface area (Å²) in [5, 5.41) is 2.83. The van der Waals surface area contributed by atoms with E-state index in [1.54, 1.807) is 18.3 Å². The lowest BCUT2D eigenvalue weighted by molar-refractivity contribution is -0.117. The number of carbonyl (C=O) groups is 1. The number of aromatic nitrogens is 2. The Labute approximate surface area is 151 Å². The molecule has 1 aromatic carbocycles. The average molecular weight is 356 g/mol. The molecule has 1 aliphatic heterocycles. The lowest BCUT2D eigenvalue weighted by Crippen LogP contribution is -2.44. The van der Waals surface area contributed by atoms with Crippen LogP contribution in [0.25, 0.3) is 0 Å². The second kappa shape index (κ2) is 6.55. The van der Waals surface area contributed by atoms with Gasteiger partial charge in [-0.2, -0.15) is 0 Å². The first-order valence-corrected chi connectivity index (χ1v) is 8.81. The minimum absolute atomic E-state index is 0.0453. The second-order valence-corrected chi connectivity index (χ2v) is 7.03.